The Morgan fingerprint density at radius 3 is 3.10 bits per heavy atom. The molecule has 0 aliphatic carbocycles. The summed E-state index contributed by atoms with van der Waals surface area (Å²) in [6, 6.07) is 0. The summed E-state index contributed by atoms with van der Waals surface area (Å²) in [7, 11) is 2.16. The highest BCUT2D eigenvalue weighted by Gasteiger charge is 2.17. The van der Waals surface area contributed by atoms with Crippen LogP contribution in [0.2, 0.25) is 0 Å². The predicted molar refractivity (Wildman–Crippen MR) is 77.3 cm³/mol. The molecule has 6 nitrogen and oxygen atoms in total. The number of nitrogens with zero attached hydrogens (tertiary/aromatic N) is 3. The van der Waals surface area contributed by atoms with Gasteiger partial charge >= 0.3 is 0 Å². The van der Waals surface area contributed by atoms with Crippen LogP contribution in [0, 0.1) is 12.8 Å². The third kappa shape index (κ3) is 4.92. The van der Waals surface area contributed by atoms with Crippen molar-refractivity contribution in [2.75, 3.05) is 26.7 Å². The largest absolute Gasteiger partial charge is 0.356 e. The highest BCUT2D eigenvalue weighted by molar-refractivity contribution is 5.75. The van der Waals surface area contributed by atoms with E-state index in [1.165, 1.54) is 19.4 Å². The molecule has 1 aliphatic heterocycles. The van der Waals surface area contributed by atoms with Gasteiger partial charge in [-0.05, 0) is 45.7 Å². The van der Waals surface area contributed by atoms with E-state index in [9.17, 15) is 4.79 Å². The predicted octanol–water partition coefficient (Wildman–Crippen LogP) is 0.894. The molecule has 0 bridgehead atoms. The van der Waals surface area contributed by atoms with E-state index in [-0.39, 0.29) is 5.91 Å². The molecule has 2 N–H and O–H groups in total. The van der Waals surface area contributed by atoms with Crippen molar-refractivity contribution in [2.24, 2.45) is 5.92 Å². The number of carbonyl (C=O) groups excluding carboxylic acids is 1. The Labute approximate surface area is 120 Å². The average Bonchev–Trinajstić information content (AvgIpc) is 2.82. The van der Waals surface area contributed by atoms with Gasteiger partial charge in [0, 0.05) is 25.9 Å². The molecule has 0 saturated carbocycles. The maximum absolute atomic E-state index is 11.8. The van der Waals surface area contributed by atoms with Crippen LogP contribution in [-0.2, 0) is 11.2 Å². The lowest BCUT2D eigenvalue weighted by atomic mass is 9.93. The number of aromatic nitrogens is 3. The summed E-state index contributed by atoms with van der Waals surface area (Å²) in [6.07, 6.45) is 4.82. The number of nitrogens with one attached hydrogen (secondary N) is 2. The molecule has 1 aromatic rings. The van der Waals surface area contributed by atoms with Crippen molar-refractivity contribution >= 4 is 5.91 Å². The fourth-order valence-corrected chi connectivity index (χ4v) is 2.75. The highest BCUT2D eigenvalue weighted by Crippen LogP contribution is 2.19. The zero-order chi connectivity index (χ0) is 14.4. The monoisotopic (exact) mass is 279 g/mol. The molecule has 112 valence electrons. The normalized spacial score (nSPS) is 20.0. The first kappa shape index (κ1) is 15.0. The maximum Gasteiger partial charge on any atom is 0.220 e. The van der Waals surface area contributed by atoms with E-state index in [0.717, 1.165) is 24.6 Å². The number of H-pyrrole nitrogens is 1. The Morgan fingerprint density at radius 2 is 2.40 bits per heavy atom. The summed E-state index contributed by atoms with van der Waals surface area (Å²) in [6.45, 7) is 4.81. The van der Waals surface area contributed by atoms with E-state index in [4.69, 9.17) is 0 Å². The van der Waals surface area contributed by atoms with Crippen LogP contribution >= 0.6 is 0 Å². The number of aryl methyl sites for hydroxylation is 1. The minimum absolute atomic E-state index is 0.144. The molecule has 1 fully saturated rings. The quantitative estimate of drug-likeness (QED) is 0.811. The van der Waals surface area contributed by atoms with Gasteiger partial charge in [0.1, 0.15) is 5.82 Å². The number of carbonyl (C=O) groups is 1. The van der Waals surface area contributed by atoms with Crippen molar-refractivity contribution in [3.05, 3.63) is 11.6 Å². The molecule has 0 aromatic carbocycles. The van der Waals surface area contributed by atoms with Crippen LogP contribution in [0.1, 0.15) is 37.3 Å². The summed E-state index contributed by atoms with van der Waals surface area (Å²) < 4.78 is 0. The van der Waals surface area contributed by atoms with Crippen LogP contribution in [0.3, 0.4) is 0 Å². The Hall–Kier alpha value is -1.43. The summed E-state index contributed by atoms with van der Waals surface area (Å²) >= 11 is 0. The van der Waals surface area contributed by atoms with E-state index in [1.807, 2.05) is 6.92 Å². The van der Waals surface area contributed by atoms with Crippen LogP contribution in [-0.4, -0.2) is 52.7 Å². The Bertz CT molecular complexity index is 431. The topological polar surface area (TPSA) is 73.9 Å². The van der Waals surface area contributed by atoms with Crippen molar-refractivity contribution in [2.45, 2.75) is 39.0 Å². The first-order valence-corrected chi connectivity index (χ1v) is 7.46. The van der Waals surface area contributed by atoms with E-state index in [2.05, 4.69) is 32.4 Å². The number of amides is 1. The number of rotatable bonds is 6. The van der Waals surface area contributed by atoms with Gasteiger partial charge in [0.25, 0.3) is 0 Å². The van der Waals surface area contributed by atoms with Crippen LogP contribution in [0.4, 0.5) is 0 Å². The summed E-state index contributed by atoms with van der Waals surface area (Å²) in [5, 5.41) is 9.79. The molecule has 1 atom stereocenters. The molecule has 0 radical (unpaired) electrons. The Morgan fingerprint density at radius 1 is 1.55 bits per heavy atom. The second-order valence-corrected chi connectivity index (χ2v) is 5.75. The van der Waals surface area contributed by atoms with Gasteiger partial charge in [0.05, 0.1) is 0 Å². The standard InChI is InChI=1S/C14H25N5O/c1-11-16-13(18-17-11)7-8-15-14(20)6-5-12-4-3-9-19(2)10-12/h12H,3-10H2,1-2H3,(H,15,20)(H,16,17,18)/t12-/m0/s1. The van der Waals surface area contributed by atoms with E-state index < -0.39 is 0 Å². The molecular weight excluding hydrogens is 254 g/mol. The molecule has 1 aromatic heterocycles. The van der Waals surface area contributed by atoms with Crippen molar-refractivity contribution < 1.29 is 4.79 Å². The second-order valence-electron chi connectivity index (χ2n) is 5.75. The number of piperidine rings is 1. The van der Waals surface area contributed by atoms with Crippen LogP contribution in [0.25, 0.3) is 0 Å². The minimum atomic E-state index is 0.144. The molecule has 20 heavy (non-hydrogen) atoms. The number of hydrogen-bond acceptors (Lipinski definition) is 4. The van der Waals surface area contributed by atoms with E-state index >= 15 is 0 Å². The summed E-state index contributed by atoms with van der Waals surface area (Å²) in [5.41, 5.74) is 0. The molecule has 1 amide bonds. The fourth-order valence-electron chi connectivity index (χ4n) is 2.75. The van der Waals surface area contributed by atoms with Gasteiger partial charge in [-0.2, -0.15) is 5.10 Å². The highest BCUT2D eigenvalue weighted by atomic mass is 16.1. The van der Waals surface area contributed by atoms with Crippen molar-refractivity contribution in [3.63, 3.8) is 0 Å². The fraction of sp³-hybridized carbons (Fsp3) is 0.786. The van der Waals surface area contributed by atoms with Crippen molar-refractivity contribution in [3.8, 4) is 0 Å². The minimum Gasteiger partial charge on any atom is -0.356 e. The molecule has 0 spiro atoms. The van der Waals surface area contributed by atoms with Gasteiger partial charge in [-0.1, -0.05) is 0 Å². The second kappa shape index (κ2) is 7.38. The molecule has 1 saturated heterocycles. The molecule has 2 heterocycles. The molecule has 0 unspecified atom stereocenters. The lowest BCUT2D eigenvalue weighted by Gasteiger charge is -2.29. The lowest BCUT2D eigenvalue weighted by molar-refractivity contribution is -0.121. The van der Waals surface area contributed by atoms with Gasteiger partial charge in [-0.15, -0.1) is 0 Å². The van der Waals surface area contributed by atoms with Crippen LogP contribution < -0.4 is 5.32 Å². The number of hydrogen-bond donors (Lipinski definition) is 2. The van der Waals surface area contributed by atoms with Gasteiger partial charge < -0.3 is 10.2 Å². The van der Waals surface area contributed by atoms with Crippen molar-refractivity contribution in [1.29, 1.82) is 0 Å². The third-order valence-electron chi connectivity index (χ3n) is 3.82. The van der Waals surface area contributed by atoms with Gasteiger partial charge in [0.15, 0.2) is 5.82 Å². The van der Waals surface area contributed by atoms with E-state index in [0.29, 0.717) is 25.3 Å². The van der Waals surface area contributed by atoms with Gasteiger partial charge in [0.2, 0.25) is 5.91 Å². The van der Waals surface area contributed by atoms with E-state index in [1.54, 1.807) is 0 Å². The smallest absolute Gasteiger partial charge is 0.220 e. The Kier molecular flexibility index (Phi) is 5.52. The van der Waals surface area contributed by atoms with Gasteiger partial charge in [-0.25, -0.2) is 4.98 Å². The first-order chi connectivity index (χ1) is 9.63. The summed E-state index contributed by atoms with van der Waals surface area (Å²) in [5.74, 6) is 2.39. The first-order valence-electron chi connectivity index (χ1n) is 7.46. The molecular formula is C14H25N5O. The molecule has 2 rings (SSSR count). The molecule has 1 aliphatic rings. The van der Waals surface area contributed by atoms with Crippen LogP contribution in [0.15, 0.2) is 0 Å². The lowest BCUT2D eigenvalue weighted by Crippen LogP contribution is -2.33. The maximum atomic E-state index is 11.8. The SMILES string of the molecule is Cc1nc(CCNC(=O)CC[C@@H]2CCCN(C)C2)n[nH]1. The van der Waals surface area contributed by atoms with Gasteiger partial charge in [-0.3, -0.25) is 9.89 Å². The third-order valence-corrected chi connectivity index (χ3v) is 3.82. The average molecular weight is 279 g/mol. The summed E-state index contributed by atoms with van der Waals surface area (Å²) in [4.78, 5) is 18.4. The molecule has 6 heteroatoms. The zero-order valence-electron chi connectivity index (χ0n) is 12.5. The Balaban J connectivity index is 1.58. The van der Waals surface area contributed by atoms with Crippen LogP contribution in [0.5, 0.6) is 0 Å². The number of aromatic amines is 1. The zero-order valence-corrected chi connectivity index (χ0v) is 12.5. The number of likely N-dealkylation sites (tertiary alicyclic amines) is 1. The van der Waals surface area contributed by atoms with Crippen molar-refractivity contribution in [1.82, 2.24) is 25.4 Å².